The molecule has 1 atom stereocenters. The second kappa shape index (κ2) is 3.48. The molecule has 0 bridgehead atoms. The van der Waals surface area contributed by atoms with Gasteiger partial charge in [0.1, 0.15) is 0 Å². The lowest BCUT2D eigenvalue weighted by molar-refractivity contribution is 0.209. The predicted octanol–water partition coefficient (Wildman–Crippen LogP) is 1.47. The molecule has 72 valence electrons. The van der Waals surface area contributed by atoms with Gasteiger partial charge in [-0.2, -0.15) is 0 Å². The number of aryl methyl sites for hydroxylation is 2. The summed E-state index contributed by atoms with van der Waals surface area (Å²) in [6.45, 7) is 5.85. The third-order valence-electron chi connectivity index (χ3n) is 2.34. The smallest absolute Gasteiger partial charge is 0.0650 e. The molecule has 2 nitrogen and oxygen atoms in total. The van der Waals surface area contributed by atoms with Crippen molar-refractivity contribution < 1.29 is 5.11 Å². The van der Waals surface area contributed by atoms with Gasteiger partial charge in [0.15, 0.2) is 0 Å². The Hall–Kier alpha value is -0.860. The van der Waals surface area contributed by atoms with Crippen LogP contribution in [0.25, 0.3) is 0 Å². The number of aliphatic hydroxyl groups is 1. The zero-order valence-electron chi connectivity index (χ0n) is 8.46. The first-order chi connectivity index (χ1) is 5.97. The summed E-state index contributed by atoms with van der Waals surface area (Å²) in [5, 5.41) is 9.14. The molecule has 0 spiro atoms. The van der Waals surface area contributed by atoms with Crippen LogP contribution in [0.1, 0.15) is 23.6 Å². The van der Waals surface area contributed by atoms with E-state index < -0.39 is 5.54 Å². The van der Waals surface area contributed by atoms with Crippen LogP contribution in [-0.2, 0) is 5.54 Å². The maximum atomic E-state index is 9.14. The molecule has 0 aromatic heterocycles. The summed E-state index contributed by atoms with van der Waals surface area (Å²) in [7, 11) is 0. The highest BCUT2D eigenvalue weighted by Crippen LogP contribution is 2.22. The average Bonchev–Trinajstić information content (AvgIpc) is 2.09. The molecule has 1 aromatic carbocycles. The summed E-state index contributed by atoms with van der Waals surface area (Å²) in [6.07, 6.45) is 0. The molecule has 0 aliphatic heterocycles. The molecule has 0 amide bonds. The Morgan fingerprint density at radius 3 is 2.54 bits per heavy atom. The second-order valence-electron chi connectivity index (χ2n) is 3.89. The van der Waals surface area contributed by atoms with Crippen molar-refractivity contribution in [2.45, 2.75) is 26.3 Å². The van der Waals surface area contributed by atoms with Gasteiger partial charge in [-0.1, -0.05) is 23.8 Å². The summed E-state index contributed by atoms with van der Waals surface area (Å²) in [4.78, 5) is 0. The van der Waals surface area contributed by atoms with E-state index in [0.29, 0.717) is 0 Å². The van der Waals surface area contributed by atoms with Crippen molar-refractivity contribution in [2.24, 2.45) is 5.73 Å². The molecule has 0 saturated carbocycles. The molecule has 0 saturated heterocycles. The summed E-state index contributed by atoms with van der Waals surface area (Å²) < 4.78 is 0. The molecule has 0 fully saturated rings. The van der Waals surface area contributed by atoms with Gasteiger partial charge in [0.2, 0.25) is 0 Å². The van der Waals surface area contributed by atoms with Gasteiger partial charge >= 0.3 is 0 Å². The fraction of sp³-hybridized carbons (Fsp3) is 0.455. The molecule has 0 aliphatic rings. The molecule has 0 heterocycles. The molecule has 3 N–H and O–H groups in total. The summed E-state index contributed by atoms with van der Waals surface area (Å²) in [5.41, 5.74) is 8.65. The zero-order chi connectivity index (χ0) is 10.1. The maximum Gasteiger partial charge on any atom is 0.0650 e. The lowest BCUT2D eigenvalue weighted by Gasteiger charge is -2.24. The van der Waals surface area contributed by atoms with Crippen LogP contribution in [-0.4, -0.2) is 11.7 Å². The number of rotatable bonds is 2. The van der Waals surface area contributed by atoms with Crippen molar-refractivity contribution in [3.63, 3.8) is 0 Å². The minimum absolute atomic E-state index is 0.0305. The fourth-order valence-corrected chi connectivity index (χ4v) is 1.44. The van der Waals surface area contributed by atoms with Crippen LogP contribution in [0.4, 0.5) is 0 Å². The lowest BCUT2D eigenvalue weighted by Crippen LogP contribution is -2.37. The summed E-state index contributed by atoms with van der Waals surface area (Å²) in [5.74, 6) is 0. The Labute approximate surface area is 79.4 Å². The van der Waals surface area contributed by atoms with Gasteiger partial charge in [0.05, 0.1) is 12.1 Å². The van der Waals surface area contributed by atoms with Gasteiger partial charge in [-0.3, -0.25) is 0 Å². The van der Waals surface area contributed by atoms with E-state index in [1.54, 1.807) is 0 Å². The third kappa shape index (κ3) is 2.08. The quantitative estimate of drug-likeness (QED) is 0.722. The molecular weight excluding hydrogens is 162 g/mol. The minimum Gasteiger partial charge on any atom is -0.394 e. The number of hydrogen-bond acceptors (Lipinski definition) is 2. The van der Waals surface area contributed by atoms with E-state index >= 15 is 0 Å². The second-order valence-corrected chi connectivity index (χ2v) is 3.89. The van der Waals surface area contributed by atoms with Gasteiger partial charge in [-0.15, -0.1) is 0 Å². The summed E-state index contributed by atoms with van der Waals surface area (Å²) in [6, 6.07) is 6.11. The van der Waals surface area contributed by atoms with E-state index in [4.69, 9.17) is 10.8 Å². The normalized spacial score (nSPS) is 15.5. The van der Waals surface area contributed by atoms with Crippen molar-refractivity contribution in [1.82, 2.24) is 0 Å². The molecular formula is C11H17NO. The highest BCUT2D eigenvalue weighted by atomic mass is 16.3. The number of nitrogens with two attached hydrogens (primary N) is 1. The summed E-state index contributed by atoms with van der Waals surface area (Å²) >= 11 is 0. The lowest BCUT2D eigenvalue weighted by atomic mass is 9.89. The van der Waals surface area contributed by atoms with Gasteiger partial charge in [0.25, 0.3) is 0 Å². The Kier molecular flexibility index (Phi) is 2.74. The average molecular weight is 179 g/mol. The number of benzene rings is 1. The molecule has 0 aliphatic carbocycles. The topological polar surface area (TPSA) is 46.2 Å². The van der Waals surface area contributed by atoms with Crippen molar-refractivity contribution >= 4 is 0 Å². The Morgan fingerprint density at radius 2 is 2.00 bits per heavy atom. The highest BCUT2D eigenvalue weighted by Gasteiger charge is 2.21. The van der Waals surface area contributed by atoms with E-state index in [9.17, 15) is 0 Å². The fourth-order valence-electron chi connectivity index (χ4n) is 1.44. The first-order valence-corrected chi connectivity index (χ1v) is 4.45. The van der Waals surface area contributed by atoms with Crippen LogP contribution >= 0.6 is 0 Å². The first-order valence-electron chi connectivity index (χ1n) is 4.45. The molecule has 13 heavy (non-hydrogen) atoms. The van der Waals surface area contributed by atoms with Gasteiger partial charge in [-0.25, -0.2) is 0 Å². The standard InChI is InChI=1S/C11H17NO/c1-8-4-5-9(2)10(6-8)11(3,12)7-13/h4-6,13H,7,12H2,1-3H3/t11-/m1/s1. The van der Waals surface area contributed by atoms with Crippen LogP contribution in [0.2, 0.25) is 0 Å². The van der Waals surface area contributed by atoms with Gasteiger partial charge in [0, 0.05) is 0 Å². The van der Waals surface area contributed by atoms with E-state index in [0.717, 1.165) is 11.1 Å². The first kappa shape index (κ1) is 10.2. The third-order valence-corrected chi connectivity index (χ3v) is 2.34. The van der Waals surface area contributed by atoms with Crippen LogP contribution in [0.15, 0.2) is 18.2 Å². The van der Waals surface area contributed by atoms with Crippen molar-refractivity contribution in [2.75, 3.05) is 6.61 Å². The van der Waals surface area contributed by atoms with E-state index in [1.165, 1.54) is 5.56 Å². The number of hydrogen-bond donors (Lipinski definition) is 2. The Balaban J connectivity index is 3.20. The maximum absolute atomic E-state index is 9.14. The molecule has 0 radical (unpaired) electrons. The molecule has 1 rings (SSSR count). The van der Waals surface area contributed by atoms with E-state index in [2.05, 4.69) is 0 Å². The van der Waals surface area contributed by atoms with Crippen LogP contribution in [0.3, 0.4) is 0 Å². The number of aliphatic hydroxyl groups excluding tert-OH is 1. The van der Waals surface area contributed by atoms with Crippen LogP contribution in [0.5, 0.6) is 0 Å². The Bertz CT molecular complexity index is 305. The van der Waals surface area contributed by atoms with E-state index in [1.807, 2.05) is 39.0 Å². The van der Waals surface area contributed by atoms with Gasteiger partial charge < -0.3 is 10.8 Å². The van der Waals surface area contributed by atoms with Crippen molar-refractivity contribution in [3.05, 3.63) is 34.9 Å². The monoisotopic (exact) mass is 179 g/mol. The minimum atomic E-state index is -0.629. The predicted molar refractivity (Wildman–Crippen MR) is 54.5 cm³/mol. The SMILES string of the molecule is Cc1ccc(C)c([C@](C)(N)CO)c1. The van der Waals surface area contributed by atoms with Crippen LogP contribution in [0, 0.1) is 13.8 Å². The zero-order valence-corrected chi connectivity index (χ0v) is 8.46. The van der Waals surface area contributed by atoms with Gasteiger partial charge in [-0.05, 0) is 31.9 Å². The molecule has 0 unspecified atom stereocenters. The van der Waals surface area contributed by atoms with E-state index in [-0.39, 0.29) is 6.61 Å². The largest absolute Gasteiger partial charge is 0.394 e. The molecule has 2 heteroatoms. The van der Waals surface area contributed by atoms with Crippen molar-refractivity contribution in [1.29, 1.82) is 0 Å². The van der Waals surface area contributed by atoms with Crippen molar-refractivity contribution in [3.8, 4) is 0 Å². The molecule has 1 aromatic rings. The Morgan fingerprint density at radius 1 is 1.38 bits per heavy atom. The highest BCUT2D eigenvalue weighted by molar-refractivity contribution is 5.35. The van der Waals surface area contributed by atoms with Crippen LogP contribution < -0.4 is 5.73 Å².